The van der Waals surface area contributed by atoms with Crippen LogP contribution < -0.4 is 5.32 Å². The van der Waals surface area contributed by atoms with Gasteiger partial charge in [0.25, 0.3) is 0 Å². The van der Waals surface area contributed by atoms with Gasteiger partial charge < -0.3 is 4.90 Å². The Kier molecular flexibility index (Phi) is 3.52. The minimum absolute atomic E-state index is 0.129. The number of amides is 1. The lowest BCUT2D eigenvalue weighted by molar-refractivity contribution is -0.134. The molecule has 3 heteroatoms. The molecule has 0 bridgehead atoms. The lowest BCUT2D eigenvalue weighted by Crippen LogP contribution is -2.49. The Bertz CT molecular complexity index is 405. The molecule has 3 saturated carbocycles. The number of hydrogen-bond donors (Lipinski definition) is 1. The summed E-state index contributed by atoms with van der Waals surface area (Å²) in [6.07, 6.45) is 14.6. The molecule has 0 aromatic heterocycles. The van der Waals surface area contributed by atoms with Crippen LogP contribution in [-0.2, 0) is 4.79 Å². The Morgan fingerprint density at radius 3 is 2.29 bits per heavy atom. The Morgan fingerprint density at radius 2 is 1.67 bits per heavy atom. The minimum atomic E-state index is -0.129. The Morgan fingerprint density at radius 1 is 1.05 bits per heavy atom. The van der Waals surface area contributed by atoms with Crippen molar-refractivity contribution in [3.63, 3.8) is 0 Å². The predicted octanol–water partition coefficient (Wildman–Crippen LogP) is 3.44. The second-order valence-electron chi connectivity index (χ2n) is 8.07. The van der Waals surface area contributed by atoms with E-state index < -0.39 is 0 Å². The third kappa shape index (κ3) is 2.32. The van der Waals surface area contributed by atoms with Crippen LogP contribution in [0.25, 0.3) is 0 Å². The molecule has 1 heterocycles. The van der Waals surface area contributed by atoms with E-state index in [4.69, 9.17) is 0 Å². The van der Waals surface area contributed by atoms with Crippen LogP contribution in [0.4, 0.5) is 0 Å². The van der Waals surface area contributed by atoms with E-state index in [2.05, 4.69) is 17.1 Å². The van der Waals surface area contributed by atoms with Gasteiger partial charge in [-0.1, -0.05) is 32.1 Å². The van der Waals surface area contributed by atoms with Crippen LogP contribution in [0.15, 0.2) is 0 Å². The third-order valence-corrected chi connectivity index (χ3v) is 6.73. The first kappa shape index (κ1) is 14.0. The highest BCUT2D eigenvalue weighted by molar-refractivity contribution is 5.92. The molecule has 1 saturated heterocycles. The zero-order valence-corrected chi connectivity index (χ0v) is 13.4. The molecule has 1 amide bonds. The standard InChI is InChI=1S/C18H30N2O/c1-13(14-7-3-2-4-8-14)20-16(15-9-5-6-10-15)19-18(11-12-18)17(20)21/h13-16,19H,2-12H2,1H3. The molecular weight excluding hydrogens is 260 g/mol. The maximum atomic E-state index is 13.0. The van der Waals surface area contributed by atoms with Crippen LogP contribution in [-0.4, -0.2) is 28.6 Å². The Balaban J connectivity index is 1.55. The van der Waals surface area contributed by atoms with Crippen LogP contribution in [0, 0.1) is 11.8 Å². The highest BCUT2D eigenvalue weighted by Crippen LogP contribution is 2.47. The van der Waals surface area contributed by atoms with Gasteiger partial charge in [-0.15, -0.1) is 0 Å². The summed E-state index contributed by atoms with van der Waals surface area (Å²) in [6, 6.07) is 0.441. The van der Waals surface area contributed by atoms with Crippen LogP contribution in [0.5, 0.6) is 0 Å². The van der Waals surface area contributed by atoms with Crippen LogP contribution in [0.2, 0.25) is 0 Å². The van der Waals surface area contributed by atoms with Crippen molar-refractivity contribution in [1.82, 2.24) is 10.2 Å². The summed E-state index contributed by atoms with van der Waals surface area (Å²) >= 11 is 0. The van der Waals surface area contributed by atoms with Crippen molar-refractivity contribution in [3.8, 4) is 0 Å². The summed E-state index contributed by atoms with van der Waals surface area (Å²) in [6.45, 7) is 2.33. The van der Waals surface area contributed by atoms with Gasteiger partial charge >= 0.3 is 0 Å². The van der Waals surface area contributed by atoms with Crippen molar-refractivity contribution in [1.29, 1.82) is 0 Å². The van der Waals surface area contributed by atoms with Crippen LogP contribution in [0.1, 0.15) is 77.6 Å². The first-order valence-electron chi connectivity index (χ1n) is 9.32. The van der Waals surface area contributed by atoms with Gasteiger partial charge in [-0.2, -0.15) is 0 Å². The summed E-state index contributed by atoms with van der Waals surface area (Å²) in [4.78, 5) is 15.3. The molecule has 0 aromatic carbocycles. The van der Waals surface area contributed by atoms with Gasteiger partial charge in [-0.25, -0.2) is 0 Å². The smallest absolute Gasteiger partial charge is 0.244 e. The van der Waals surface area contributed by atoms with E-state index in [1.165, 1.54) is 57.8 Å². The SMILES string of the molecule is CC(C1CCCCC1)N1C(=O)C2(CC2)NC1C1CCCC1. The maximum absolute atomic E-state index is 13.0. The zero-order chi connectivity index (χ0) is 14.4. The van der Waals surface area contributed by atoms with Gasteiger partial charge in [0.15, 0.2) is 0 Å². The molecule has 0 aromatic rings. The molecule has 21 heavy (non-hydrogen) atoms. The van der Waals surface area contributed by atoms with E-state index in [1.807, 2.05) is 0 Å². The molecular formula is C18H30N2O. The fourth-order valence-corrected chi connectivity index (χ4v) is 5.17. The molecule has 1 spiro atoms. The number of nitrogens with one attached hydrogen (secondary N) is 1. The van der Waals surface area contributed by atoms with Crippen molar-refractivity contribution in [2.75, 3.05) is 0 Å². The number of carbonyl (C=O) groups is 1. The van der Waals surface area contributed by atoms with Gasteiger partial charge in [0.2, 0.25) is 5.91 Å². The van der Waals surface area contributed by atoms with Gasteiger partial charge in [-0.3, -0.25) is 10.1 Å². The predicted molar refractivity (Wildman–Crippen MR) is 83.7 cm³/mol. The monoisotopic (exact) mass is 290 g/mol. The summed E-state index contributed by atoms with van der Waals surface area (Å²) in [5.41, 5.74) is -0.129. The first-order chi connectivity index (χ1) is 10.2. The number of rotatable bonds is 3. The van der Waals surface area contributed by atoms with Crippen molar-refractivity contribution in [2.24, 2.45) is 11.8 Å². The first-order valence-corrected chi connectivity index (χ1v) is 9.32. The van der Waals surface area contributed by atoms with E-state index in [0.29, 0.717) is 24.0 Å². The van der Waals surface area contributed by atoms with Crippen molar-refractivity contribution >= 4 is 5.91 Å². The lowest BCUT2D eigenvalue weighted by Gasteiger charge is -2.39. The quantitative estimate of drug-likeness (QED) is 0.863. The highest BCUT2D eigenvalue weighted by Gasteiger charge is 2.61. The summed E-state index contributed by atoms with van der Waals surface area (Å²) in [5.74, 6) is 1.89. The topological polar surface area (TPSA) is 32.3 Å². The van der Waals surface area contributed by atoms with E-state index >= 15 is 0 Å². The second-order valence-corrected chi connectivity index (χ2v) is 8.07. The zero-order valence-electron chi connectivity index (χ0n) is 13.4. The maximum Gasteiger partial charge on any atom is 0.244 e. The molecule has 3 aliphatic carbocycles. The Hall–Kier alpha value is -0.570. The number of nitrogens with zero attached hydrogens (tertiary/aromatic N) is 1. The second kappa shape index (κ2) is 5.26. The highest BCUT2D eigenvalue weighted by atomic mass is 16.2. The van der Waals surface area contributed by atoms with E-state index in [1.54, 1.807) is 0 Å². The summed E-state index contributed by atoms with van der Waals surface area (Å²) < 4.78 is 0. The van der Waals surface area contributed by atoms with Crippen molar-refractivity contribution in [2.45, 2.75) is 95.3 Å². The van der Waals surface area contributed by atoms with E-state index in [0.717, 1.165) is 18.8 Å². The van der Waals surface area contributed by atoms with Gasteiger partial charge in [0, 0.05) is 6.04 Å². The summed E-state index contributed by atoms with van der Waals surface area (Å²) in [7, 11) is 0. The molecule has 118 valence electrons. The average Bonchev–Trinajstić information content (AvgIpc) is 2.98. The molecule has 4 fully saturated rings. The lowest BCUT2D eigenvalue weighted by atomic mass is 9.83. The molecule has 1 aliphatic heterocycles. The normalized spacial score (nSPS) is 34.8. The largest absolute Gasteiger partial charge is 0.322 e. The molecule has 4 aliphatic rings. The molecule has 2 atom stereocenters. The van der Waals surface area contributed by atoms with Crippen molar-refractivity contribution < 1.29 is 4.79 Å². The summed E-state index contributed by atoms with van der Waals surface area (Å²) in [5, 5.41) is 3.78. The van der Waals surface area contributed by atoms with Crippen LogP contribution >= 0.6 is 0 Å². The molecule has 1 N–H and O–H groups in total. The van der Waals surface area contributed by atoms with Crippen molar-refractivity contribution in [3.05, 3.63) is 0 Å². The fraction of sp³-hybridized carbons (Fsp3) is 0.944. The van der Waals surface area contributed by atoms with E-state index in [-0.39, 0.29) is 5.54 Å². The third-order valence-electron chi connectivity index (χ3n) is 6.73. The van der Waals surface area contributed by atoms with E-state index in [9.17, 15) is 4.79 Å². The average molecular weight is 290 g/mol. The minimum Gasteiger partial charge on any atom is -0.322 e. The molecule has 0 radical (unpaired) electrons. The Labute approximate surface area is 128 Å². The molecule has 3 nitrogen and oxygen atoms in total. The van der Waals surface area contributed by atoms with Crippen LogP contribution in [0.3, 0.4) is 0 Å². The molecule has 4 rings (SSSR count). The number of carbonyl (C=O) groups excluding carboxylic acids is 1. The van der Waals surface area contributed by atoms with Gasteiger partial charge in [0.05, 0.1) is 11.7 Å². The van der Waals surface area contributed by atoms with Gasteiger partial charge in [-0.05, 0) is 57.3 Å². The molecule has 2 unspecified atom stereocenters. The van der Waals surface area contributed by atoms with Gasteiger partial charge in [0.1, 0.15) is 0 Å². The number of hydrogen-bond acceptors (Lipinski definition) is 2. The fourth-order valence-electron chi connectivity index (χ4n) is 5.17.